The highest BCUT2D eigenvalue weighted by atomic mass is 79.9. The van der Waals surface area contributed by atoms with Gasteiger partial charge in [0, 0.05) is 25.3 Å². The van der Waals surface area contributed by atoms with Crippen molar-refractivity contribution in [2.24, 2.45) is 0 Å². The van der Waals surface area contributed by atoms with E-state index in [1.807, 2.05) is 30.3 Å². The van der Waals surface area contributed by atoms with Gasteiger partial charge in [-0.3, -0.25) is 10.1 Å². The first-order valence-corrected chi connectivity index (χ1v) is 7.14. The van der Waals surface area contributed by atoms with E-state index in [1.165, 1.54) is 17.8 Å². The summed E-state index contributed by atoms with van der Waals surface area (Å²) >= 11 is 10.8. The molecule has 0 spiro atoms. The standard InChI is InChI=1S/C12H9BrClNO2S/c13-9-3-5-10(6-4-9)18-11-2-1-7-12(14,8-11)15(16)17/h1-6,8H,7H2. The Kier molecular flexibility index (Phi) is 4.14. The SMILES string of the molecule is O=[N+]([O-])C1(Cl)C=C(Sc2ccc(Br)cc2)C=CC1. The predicted molar refractivity (Wildman–Crippen MR) is 77.4 cm³/mol. The van der Waals surface area contributed by atoms with Crippen LogP contribution in [0.1, 0.15) is 6.42 Å². The summed E-state index contributed by atoms with van der Waals surface area (Å²) in [7, 11) is 0. The summed E-state index contributed by atoms with van der Waals surface area (Å²) in [5.41, 5.74) is 0. The molecule has 1 unspecified atom stereocenters. The fourth-order valence-electron chi connectivity index (χ4n) is 1.49. The molecule has 1 aliphatic rings. The van der Waals surface area contributed by atoms with Gasteiger partial charge in [-0.1, -0.05) is 39.8 Å². The van der Waals surface area contributed by atoms with Crippen molar-refractivity contribution in [2.45, 2.75) is 16.3 Å². The van der Waals surface area contributed by atoms with Gasteiger partial charge in [-0.05, 0) is 35.9 Å². The first-order chi connectivity index (χ1) is 8.49. The van der Waals surface area contributed by atoms with Crippen molar-refractivity contribution in [2.75, 3.05) is 0 Å². The van der Waals surface area contributed by atoms with Crippen LogP contribution in [0.5, 0.6) is 0 Å². The van der Waals surface area contributed by atoms with E-state index in [0.29, 0.717) is 0 Å². The van der Waals surface area contributed by atoms with E-state index >= 15 is 0 Å². The van der Waals surface area contributed by atoms with Gasteiger partial charge in [0.25, 0.3) is 0 Å². The highest BCUT2D eigenvalue weighted by molar-refractivity contribution is 9.10. The van der Waals surface area contributed by atoms with E-state index in [-0.39, 0.29) is 6.42 Å². The molecule has 18 heavy (non-hydrogen) atoms. The molecular weight excluding hydrogens is 338 g/mol. The van der Waals surface area contributed by atoms with Gasteiger partial charge in [0.15, 0.2) is 0 Å². The lowest BCUT2D eigenvalue weighted by Crippen LogP contribution is -2.30. The molecular formula is C12H9BrClNO2S. The zero-order valence-electron chi connectivity index (χ0n) is 9.18. The number of rotatable bonds is 3. The van der Waals surface area contributed by atoms with Crippen molar-refractivity contribution in [1.82, 2.24) is 0 Å². The smallest absolute Gasteiger partial charge is 0.262 e. The third kappa shape index (κ3) is 3.16. The van der Waals surface area contributed by atoms with Crippen LogP contribution in [0.4, 0.5) is 0 Å². The number of alkyl halides is 1. The molecule has 1 aromatic carbocycles. The minimum absolute atomic E-state index is 0.214. The highest BCUT2D eigenvalue weighted by Crippen LogP contribution is 2.36. The molecule has 2 rings (SSSR count). The zero-order valence-corrected chi connectivity index (χ0v) is 12.3. The van der Waals surface area contributed by atoms with Crippen molar-refractivity contribution < 1.29 is 4.92 Å². The summed E-state index contributed by atoms with van der Waals surface area (Å²) in [6.45, 7) is 0. The number of nitrogens with zero attached hydrogens (tertiary/aromatic N) is 1. The Morgan fingerprint density at radius 1 is 1.39 bits per heavy atom. The fraction of sp³-hybridized carbons (Fsp3) is 0.167. The molecule has 0 aromatic heterocycles. The molecule has 0 saturated carbocycles. The molecule has 3 nitrogen and oxygen atoms in total. The van der Waals surface area contributed by atoms with E-state index < -0.39 is 9.92 Å². The van der Waals surface area contributed by atoms with Gasteiger partial charge in [-0.15, -0.1) is 0 Å². The Labute approximate surface area is 122 Å². The summed E-state index contributed by atoms with van der Waals surface area (Å²) in [6, 6.07) is 7.74. The Balaban J connectivity index is 2.18. The van der Waals surface area contributed by atoms with Crippen LogP contribution in [0, 0.1) is 10.1 Å². The fourth-order valence-corrected chi connectivity index (χ4v) is 2.99. The largest absolute Gasteiger partial charge is 0.318 e. The summed E-state index contributed by atoms with van der Waals surface area (Å²) in [6.07, 6.45) is 5.31. The van der Waals surface area contributed by atoms with E-state index in [9.17, 15) is 10.1 Å². The first-order valence-electron chi connectivity index (χ1n) is 5.16. The van der Waals surface area contributed by atoms with E-state index in [2.05, 4.69) is 15.9 Å². The summed E-state index contributed by atoms with van der Waals surface area (Å²) in [5, 5.41) is 10.9. The molecule has 1 aliphatic carbocycles. The van der Waals surface area contributed by atoms with Crippen LogP contribution in [0.2, 0.25) is 0 Å². The van der Waals surface area contributed by atoms with Crippen LogP contribution in [0.25, 0.3) is 0 Å². The normalized spacial score (nSPS) is 22.7. The Morgan fingerprint density at radius 2 is 2.06 bits per heavy atom. The maximum atomic E-state index is 10.9. The maximum absolute atomic E-state index is 10.9. The van der Waals surface area contributed by atoms with Gasteiger partial charge in [0.1, 0.15) is 0 Å². The van der Waals surface area contributed by atoms with Gasteiger partial charge in [0.2, 0.25) is 0 Å². The number of halogens is 2. The van der Waals surface area contributed by atoms with Crippen molar-refractivity contribution in [3.05, 3.63) is 62.0 Å². The van der Waals surface area contributed by atoms with Gasteiger partial charge >= 0.3 is 5.00 Å². The topological polar surface area (TPSA) is 43.1 Å². The number of hydrogen-bond acceptors (Lipinski definition) is 3. The Bertz CT molecular complexity index is 529. The number of hydrogen-bond donors (Lipinski definition) is 0. The second-order valence-corrected chi connectivity index (χ2v) is 6.50. The monoisotopic (exact) mass is 345 g/mol. The molecule has 0 heterocycles. The van der Waals surface area contributed by atoms with Gasteiger partial charge in [-0.2, -0.15) is 0 Å². The van der Waals surface area contributed by atoms with Crippen LogP contribution < -0.4 is 0 Å². The van der Waals surface area contributed by atoms with Crippen LogP contribution in [-0.2, 0) is 0 Å². The molecule has 0 amide bonds. The number of thioether (sulfide) groups is 1. The van der Waals surface area contributed by atoms with Crippen molar-refractivity contribution in [3.63, 3.8) is 0 Å². The molecule has 0 fully saturated rings. The minimum atomic E-state index is -1.51. The zero-order chi connectivity index (χ0) is 13.2. The molecule has 0 bridgehead atoms. The summed E-state index contributed by atoms with van der Waals surface area (Å²) in [4.78, 5) is 10.7. The number of benzene rings is 1. The quantitative estimate of drug-likeness (QED) is 0.348. The molecule has 6 heteroatoms. The van der Waals surface area contributed by atoms with Gasteiger partial charge in [-0.25, -0.2) is 0 Å². The van der Waals surface area contributed by atoms with Crippen LogP contribution in [0.3, 0.4) is 0 Å². The molecule has 0 N–H and O–H groups in total. The lowest BCUT2D eigenvalue weighted by molar-refractivity contribution is -0.527. The van der Waals surface area contributed by atoms with Crippen LogP contribution in [0.15, 0.2) is 56.8 Å². The molecule has 0 radical (unpaired) electrons. The van der Waals surface area contributed by atoms with Crippen molar-refractivity contribution in [3.8, 4) is 0 Å². The molecule has 1 aromatic rings. The van der Waals surface area contributed by atoms with Gasteiger partial charge in [0.05, 0.1) is 6.42 Å². The van der Waals surface area contributed by atoms with Gasteiger partial charge < -0.3 is 0 Å². The third-order valence-electron chi connectivity index (χ3n) is 2.40. The number of nitro groups is 1. The van der Waals surface area contributed by atoms with E-state index in [1.54, 1.807) is 6.08 Å². The maximum Gasteiger partial charge on any atom is 0.318 e. The van der Waals surface area contributed by atoms with Crippen LogP contribution in [-0.4, -0.2) is 9.92 Å². The molecule has 94 valence electrons. The van der Waals surface area contributed by atoms with E-state index in [0.717, 1.165) is 14.3 Å². The lowest BCUT2D eigenvalue weighted by Gasteiger charge is -2.17. The molecule has 1 atom stereocenters. The molecule has 0 aliphatic heterocycles. The van der Waals surface area contributed by atoms with Crippen molar-refractivity contribution >= 4 is 39.3 Å². The second-order valence-electron chi connectivity index (χ2n) is 3.78. The van der Waals surface area contributed by atoms with Crippen LogP contribution >= 0.6 is 39.3 Å². The summed E-state index contributed by atoms with van der Waals surface area (Å²) in [5.74, 6) is 0. The average molecular weight is 347 g/mol. The Hall–Kier alpha value is -0.780. The summed E-state index contributed by atoms with van der Waals surface area (Å²) < 4.78 is 0.997. The highest BCUT2D eigenvalue weighted by Gasteiger charge is 2.38. The minimum Gasteiger partial charge on any atom is -0.262 e. The second kappa shape index (κ2) is 5.47. The predicted octanol–water partition coefficient (Wildman–Crippen LogP) is 4.60. The number of allylic oxidation sites excluding steroid dienone is 1. The lowest BCUT2D eigenvalue weighted by atomic mass is 10.1. The average Bonchev–Trinajstić information content (AvgIpc) is 2.32. The first kappa shape index (κ1) is 13.6. The van der Waals surface area contributed by atoms with Crippen molar-refractivity contribution in [1.29, 1.82) is 0 Å². The van der Waals surface area contributed by atoms with E-state index in [4.69, 9.17) is 11.6 Å². The third-order valence-corrected chi connectivity index (χ3v) is 4.33. The Morgan fingerprint density at radius 3 is 2.67 bits per heavy atom. The molecule has 0 saturated heterocycles.